The van der Waals surface area contributed by atoms with Crippen molar-refractivity contribution in [1.82, 2.24) is 0 Å². The Balaban J connectivity index is 2.57. The van der Waals surface area contributed by atoms with Crippen LogP contribution in [0.2, 0.25) is 5.82 Å². The van der Waals surface area contributed by atoms with Gasteiger partial charge < -0.3 is 14.2 Å². The summed E-state index contributed by atoms with van der Waals surface area (Å²) >= 11 is 4.90. The van der Waals surface area contributed by atoms with Crippen molar-refractivity contribution in [2.45, 2.75) is 31.2 Å². The van der Waals surface area contributed by atoms with Crippen LogP contribution in [0, 0.1) is 5.92 Å². The van der Waals surface area contributed by atoms with Gasteiger partial charge in [-0.1, -0.05) is 12.2 Å². The summed E-state index contributed by atoms with van der Waals surface area (Å²) in [6, 6.07) is 0. The second-order valence-corrected chi connectivity index (χ2v) is 8.08. The molecule has 15 heavy (non-hydrogen) atoms. The average Bonchev–Trinajstić information content (AvgIpc) is 2.07. The van der Waals surface area contributed by atoms with Gasteiger partial charge in [0, 0.05) is 19.7 Å². The van der Waals surface area contributed by atoms with Gasteiger partial charge in [-0.15, -0.1) is 0 Å². The second-order valence-electron chi connectivity index (χ2n) is 4.24. The maximum absolute atomic E-state index is 9.56. The molecule has 1 aliphatic rings. The monoisotopic (exact) mass is 248 g/mol. The van der Waals surface area contributed by atoms with Crippen molar-refractivity contribution in [2.24, 2.45) is 5.92 Å². The highest BCUT2D eigenvalue weighted by atomic mass is 32.5. The standard InChI is InChI=1S/C9H18BO3PS/c1-12-6-7-3-4-8(10)5-9(7)13-14(2,11)15/h7-9H,3-6H2,1-2H3,(H,11,15)/t7?,8-,9?,14?/m0/s1. The minimum atomic E-state index is -2.60. The first-order valence-corrected chi connectivity index (χ1v) is 8.27. The number of hydrogen-bond acceptors (Lipinski definition) is 3. The van der Waals surface area contributed by atoms with Crippen molar-refractivity contribution >= 4 is 26.1 Å². The molecule has 3 nitrogen and oxygen atoms in total. The first-order chi connectivity index (χ1) is 6.92. The minimum absolute atomic E-state index is 0.0467. The van der Waals surface area contributed by atoms with E-state index in [1.54, 1.807) is 13.8 Å². The molecule has 0 spiro atoms. The van der Waals surface area contributed by atoms with Gasteiger partial charge in [-0.05, 0) is 24.6 Å². The maximum Gasteiger partial charge on any atom is 0.183 e. The predicted octanol–water partition coefficient (Wildman–Crippen LogP) is 1.71. The summed E-state index contributed by atoms with van der Waals surface area (Å²) in [6.07, 6.45) is 2.69. The van der Waals surface area contributed by atoms with Gasteiger partial charge in [-0.2, -0.15) is 0 Å². The molecule has 4 atom stereocenters. The second kappa shape index (κ2) is 5.78. The zero-order chi connectivity index (χ0) is 11.5. The van der Waals surface area contributed by atoms with Gasteiger partial charge in [0.25, 0.3) is 0 Å². The summed E-state index contributed by atoms with van der Waals surface area (Å²) < 4.78 is 10.7. The normalized spacial score (nSPS) is 36.1. The van der Waals surface area contributed by atoms with Crippen molar-refractivity contribution in [3.63, 3.8) is 0 Å². The van der Waals surface area contributed by atoms with Gasteiger partial charge in [0.15, 0.2) is 6.49 Å². The molecular weight excluding hydrogens is 230 g/mol. The Bertz CT molecular complexity index is 246. The van der Waals surface area contributed by atoms with Gasteiger partial charge in [-0.3, -0.25) is 0 Å². The molecule has 0 aromatic heterocycles. The topological polar surface area (TPSA) is 38.7 Å². The van der Waals surface area contributed by atoms with Crippen LogP contribution in [0.4, 0.5) is 0 Å². The first-order valence-electron chi connectivity index (χ1n) is 5.15. The van der Waals surface area contributed by atoms with Crippen LogP contribution in [0.3, 0.4) is 0 Å². The van der Waals surface area contributed by atoms with E-state index in [2.05, 4.69) is 0 Å². The van der Waals surface area contributed by atoms with E-state index in [1.165, 1.54) is 0 Å². The third-order valence-corrected chi connectivity index (χ3v) is 3.60. The van der Waals surface area contributed by atoms with Gasteiger partial charge in [0.05, 0.1) is 20.6 Å². The zero-order valence-corrected chi connectivity index (χ0v) is 11.0. The molecule has 1 aliphatic carbocycles. The Labute approximate surface area is 98.1 Å². The molecule has 0 aromatic rings. The largest absolute Gasteiger partial charge is 0.384 e. The average molecular weight is 248 g/mol. The summed E-state index contributed by atoms with van der Waals surface area (Å²) in [5.74, 6) is 0.467. The molecule has 0 amide bonds. The highest BCUT2D eigenvalue weighted by Gasteiger charge is 2.31. The number of rotatable bonds is 4. The molecule has 0 heterocycles. The minimum Gasteiger partial charge on any atom is -0.384 e. The molecule has 1 saturated carbocycles. The quantitative estimate of drug-likeness (QED) is 0.607. The molecule has 1 rings (SSSR count). The lowest BCUT2D eigenvalue weighted by Gasteiger charge is -2.35. The van der Waals surface area contributed by atoms with Crippen LogP contribution in [0.1, 0.15) is 19.3 Å². The van der Waals surface area contributed by atoms with Crippen molar-refractivity contribution in [3.8, 4) is 0 Å². The summed E-state index contributed by atoms with van der Waals surface area (Å²) in [5, 5.41) is 0. The van der Waals surface area contributed by atoms with Crippen LogP contribution in [-0.2, 0) is 21.1 Å². The van der Waals surface area contributed by atoms with Gasteiger partial charge in [-0.25, -0.2) is 0 Å². The van der Waals surface area contributed by atoms with Crippen LogP contribution in [0.25, 0.3) is 0 Å². The smallest absolute Gasteiger partial charge is 0.183 e. The SMILES string of the molecule is [B][C@H]1CCC(COC)C(OP(C)(O)=S)C1. The zero-order valence-electron chi connectivity index (χ0n) is 9.26. The fraction of sp³-hybridized carbons (Fsp3) is 1.00. The number of methoxy groups -OCH3 is 1. The first kappa shape index (κ1) is 13.7. The van der Waals surface area contributed by atoms with E-state index in [0.717, 1.165) is 19.3 Å². The highest BCUT2D eigenvalue weighted by Crippen LogP contribution is 2.45. The molecular formula is C9H18BO3PS. The van der Waals surface area contributed by atoms with E-state index < -0.39 is 6.49 Å². The molecule has 3 unspecified atom stereocenters. The van der Waals surface area contributed by atoms with Crippen LogP contribution in [0.5, 0.6) is 0 Å². The molecule has 6 heteroatoms. The summed E-state index contributed by atoms with van der Waals surface area (Å²) in [5.41, 5.74) is 0. The van der Waals surface area contributed by atoms with Crippen molar-refractivity contribution in [3.05, 3.63) is 0 Å². The van der Waals surface area contributed by atoms with Crippen molar-refractivity contribution in [2.75, 3.05) is 20.4 Å². The lowest BCUT2D eigenvalue weighted by Crippen LogP contribution is -2.32. The molecule has 0 aliphatic heterocycles. The fourth-order valence-electron chi connectivity index (χ4n) is 2.01. The van der Waals surface area contributed by atoms with E-state index in [9.17, 15) is 4.89 Å². The van der Waals surface area contributed by atoms with E-state index in [4.69, 9.17) is 28.9 Å². The summed E-state index contributed by atoms with van der Waals surface area (Å²) in [4.78, 5) is 9.56. The Morgan fingerprint density at radius 2 is 2.20 bits per heavy atom. The lowest BCUT2D eigenvalue weighted by molar-refractivity contribution is 0.0377. The number of ether oxygens (including phenoxy) is 1. The molecule has 0 bridgehead atoms. The molecule has 1 fully saturated rings. The summed E-state index contributed by atoms with van der Waals surface area (Å²) in [7, 11) is 7.55. The Morgan fingerprint density at radius 3 is 2.73 bits per heavy atom. The number of hydrogen-bond donors (Lipinski definition) is 1. The van der Waals surface area contributed by atoms with Crippen LogP contribution in [-0.4, -0.2) is 39.2 Å². The summed E-state index contributed by atoms with van der Waals surface area (Å²) in [6.45, 7) is -0.378. The Hall–Kier alpha value is 0.595. The van der Waals surface area contributed by atoms with E-state index in [-0.39, 0.29) is 11.9 Å². The molecule has 1 N–H and O–H groups in total. The third-order valence-electron chi connectivity index (χ3n) is 2.68. The Kier molecular flexibility index (Phi) is 5.27. The van der Waals surface area contributed by atoms with E-state index in [0.29, 0.717) is 12.5 Å². The Morgan fingerprint density at radius 1 is 1.53 bits per heavy atom. The van der Waals surface area contributed by atoms with Crippen LogP contribution in [0.15, 0.2) is 0 Å². The van der Waals surface area contributed by atoms with Gasteiger partial charge in [0.2, 0.25) is 0 Å². The lowest BCUT2D eigenvalue weighted by atomic mass is 9.71. The van der Waals surface area contributed by atoms with Crippen molar-refractivity contribution < 1.29 is 14.2 Å². The van der Waals surface area contributed by atoms with Gasteiger partial charge >= 0.3 is 0 Å². The van der Waals surface area contributed by atoms with E-state index in [1.807, 2.05) is 0 Å². The fourth-order valence-corrected chi connectivity index (χ4v) is 3.10. The van der Waals surface area contributed by atoms with Gasteiger partial charge in [0.1, 0.15) is 0 Å². The predicted molar refractivity (Wildman–Crippen MR) is 66.0 cm³/mol. The third kappa shape index (κ3) is 4.96. The van der Waals surface area contributed by atoms with Crippen LogP contribution < -0.4 is 0 Å². The molecule has 86 valence electrons. The van der Waals surface area contributed by atoms with Crippen LogP contribution >= 0.6 is 6.49 Å². The van der Waals surface area contributed by atoms with Crippen molar-refractivity contribution in [1.29, 1.82) is 0 Å². The molecule has 0 aromatic carbocycles. The maximum atomic E-state index is 9.56. The molecule has 2 radical (unpaired) electrons. The highest BCUT2D eigenvalue weighted by molar-refractivity contribution is 8.09. The molecule has 0 saturated heterocycles. The van der Waals surface area contributed by atoms with E-state index >= 15 is 0 Å².